The van der Waals surface area contributed by atoms with E-state index in [2.05, 4.69) is 20.3 Å². The van der Waals surface area contributed by atoms with Crippen molar-refractivity contribution in [3.05, 3.63) is 119 Å². The minimum atomic E-state index is -5.08. The van der Waals surface area contributed by atoms with Gasteiger partial charge >= 0.3 is 18.1 Å². The number of amides is 1. The molecular weight excluding hydrogens is 730 g/mol. The van der Waals surface area contributed by atoms with Crippen molar-refractivity contribution < 1.29 is 46.2 Å². The predicted octanol–water partition coefficient (Wildman–Crippen LogP) is 5.24. The van der Waals surface area contributed by atoms with E-state index in [0.717, 1.165) is 40.0 Å². The van der Waals surface area contributed by atoms with Crippen molar-refractivity contribution in [2.45, 2.75) is 57.3 Å². The molecule has 286 valence electrons. The van der Waals surface area contributed by atoms with Crippen molar-refractivity contribution in [1.29, 1.82) is 0 Å². The number of fused-ring (bicyclic) bond motifs is 1. The van der Waals surface area contributed by atoms with Crippen LogP contribution in [0.2, 0.25) is 0 Å². The molecule has 0 saturated heterocycles. The highest BCUT2D eigenvalue weighted by Crippen LogP contribution is 2.24. The minimum absolute atomic E-state index is 0.0288. The van der Waals surface area contributed by atoms with E-state index in [0.29, 0.717) is 36.2 Å². The van der Waals surface area contributed by atoms with Crippen molar-refractivity contribution in [1.82, 2.24) is 24.8 Å². The molecule has 1 atom stereocenters. The zero-order valence-corrected chi connectivity index (χ0v) is 30.3. The fourth-order valence-corrected chi connectivity index (χ4v) is 7.34. The lowest BCUT2D eigenvalue weighted by Gasteiger charge is -2.18. The second kappa shape index (κ2) is 17.8. The molecule has 0 aliphatic carbocycles. The van der Waals surface area contributed by atoms with Crippen molar-refractivity contribution >= 4 is 44.6 Å². The lowest BCUT2D eigenvalue weighted by Crippen LogP contribution is -2.48. The quantitative estimate of drug-likeness (QED) is 0.0933. The highest BCUT2D eigenvalue weighted by Gasteiger charge is 2.38. The summed E-state index contributed by atoms with van der Waals surface area (Å²) in [5.74, 6) is -3.89. The lowest BCUT2D eigenvalue weighted by molar-refractivity contribution is -0.192. The van der Waals surface area contributed by atoms with Crippen LogP contribution in [0.4, 0.5) is 19.0 Å². The number of benzene rings is 3. The minimum Gasteiger partial charge on any atom is -0.480 e. The molecule has 1 unspecified atom stereocenters. The van der Waals surface area contributed by atoms with Gasteiger partial charge in [-0.25, -0.2) is 18.2 Å². The Labute approximate surface area is 309 Å². The summed E-state index contributed by atoms with van der Waals surface area (Å²) in [4.78, 5) is 38.6. The Morgan fingerprint density at radius 1 is 0.907 bits per heavy atom. The lowest BCUT2D eigenvalue weighted by atomic mass is 10.1. The number of nitrogens with zero attached hydrogens (tertiary/aromatic N) is 3. The van der Waals surface area contributed by atoms with E-state index in [1.54, 1.807) is 44.3 Å². The van der Waals surface area contributed by atoms with Gasteiger partial charge in [-0.3, -0.25) is 14.3 Å². The molecule has 17 heteroatoms. The van der Waals surface area contributed by atoms with Gasteiger partial charge in [-0.05, 0) is 74.6 Å². The summed E-state index contributed by atoms with van der Waals surface area (Å²) in [6.07, 6.45) is -1.84. The number of alkyl halides is 3. The number of sulfonamides is 1. The van der Waals surface area contributed by atoms with Crippen LogP contribution in [-0.2, 0) is 32.6 Å². The Bertz CT molecular complexity index is 2190. The van der Waals surface area contributed by atoms with Crippen molar-refractivity contribution in [3.63, 3.8) is 0 Å². The Balaban J connectivity index is 0.000000845. The molecule has 0 saturated carbocycles. The average molecular weight is 769 g/mol. The third-order valence-corrected chi connectivity index (χ3v) is 9.78. The topological polar surface area (TPSA) is 193 Å². The maximum absolute atomic E-state index is 13.3. The number of nitrogens with one attached hydrogen (secondary N) is 3. The van der Waals surface area contributed by atoms with Crippen LogP contribution in [0.5, 0.6) is 0 Å². The van der Waals surface area contributed by atoms with Gasteiger partial charge in [0, 0.05) is 30.2 Å². The standard InChI is InChI=1S/C35H38N6O5S.C2HF3O2/c1-23-18-24(2)33(25(3)19-23)47(45,46)40-30(35(43)44)21-38-34(42)27-14-15-28-29(12-9-17-37-32-13-7-8-16-36-32)39-41(31(28)20-27)22-26-10-5-4-6-11-26;3-2(4,5)1(6)7/h4-8,10-11,13-16,18-20,30,40H,9,12,17,21-22H2,1-3H3,(H,36,37)(H,38,42)(H,43,44);(H,6,7). The number of halogens is 3. The van der Waals surface area contributed by atoms with Crippen LogP contribution in [0.15, 0.2) is 90.0 Å². The number of rotatable bonds is 14. The second-order valence-electron chi connectivity index (χ2n) is 12.3. The summed E-state index contributed by atoms with van der Waals surface area (Å²) >= 11 is 0. The monoisotopic (exact) mass is 768 g/mol. The van der Waals surface area contributed by atoms with Gasteiger partial charge in [-0.2, -0.15) is 23.0 Å². The van der Waals surface area contributed by atoms with Crippen LogP contribution in [0.25, 0.3) is 10.9 Å². The number of carboxylic acid groups (broad SMARTS) is 2. The molecule has 5 N–H and O–H groups in total. The number of carbonyl (C=O) groups is 3. The van der Waals surface area contributed by atoms with Crippen LogP contribution >= 0.6 is 0 Å². The SMILES string of the molecule is Cc1cc(C)c(S(=O)(=O)NC(CNC(=O)c2ccc3c(CCCNc4ccccn4)nn(Cc4ccccc4)c3c2)C(=O)O)c(C)c1.O=C(O)C(F)(F)F. The number of carboxylic acids is 2. The summed E-state index contributed by atoms with van der Waals surface area (Å²) in [7, 11) is -4.18. The summed E-state index contributed by atoms with van der Waals surface area (Å²) in [5.41, 5.74) is 4.91. The third kappa shape index (κ3) is 11.1. The molecule has 0 radical (unpaired) electrons. The smallest absolute Gasteiger partial charge is 0.480 e. The van der Waals surface area contributed by atoms with Crippen LogP contribution in [0, 0.1) is 20.8 Å². The number of pyridine rings is 1. The van der Waals surface area contributed by atoms with E-state index in [-0.39, 0.29) is 4.90 Å². The largest absolute Gasteiger partial charge is 0.490 e. The number of aromatic nitrogens is 3. The molecule has 3 aromatic carbocycles. The third-order valence-electron chi connectivity index (χ3n) is 8.01. The molecule has 0 aliphatic rings. The number of hydrogen-bond acceptors (Lipinski definition) is 8. The Hall–Kier alpha value is -5.81. The van der Waals surface area contributed by atoms with E-state index in [1.807, 2.05) is 66.2 Å². The first-order valence-electron chi connectivity index (χ1n) is 16.6. The fraction of sp³-hybridized carbons (Fsp3) is 0.270. The molecule has 13 nitrogen and oxygen atoms in total. The van der Waals surface area contributed by atoms with Gasteiger partial charge in [-0.1, -0.05) is 60.2 Å². The van der Waals surface area contributed by atoms with Crippen molar-refractivity contribution in [2.75, 3.05) is 18.4 Å². The summed E-state index contributed by atoms with van der Waals surface area (Å²) in [6, 6.07) is 22.7. The maximum Gasteiger partial charge on any atom is 0.490 e. The number of anilines is 1. The first kappa shape index (κ1) is 41.0. The van der Waals surface area contributed by atoms with Gasteiger partial charge < -0.3 is 20.8 Å². The van der Waals surface area contributed by atoms with Gasteiger partial charge in [0.15, 0.2) is 0 Å². The Morgan fingerprint density at radius 3 is 2.15 bits per heavy atom. The number of carbonyl (C=O) groups excluding carboxylic acids is 1. The summed E-state index contributed by atoms with van der Waals surface area (Å²) in [6.45, 7) is 5.93. The maximum atomic E-state index is 13.3. The molecule has 5 rings (SSSR count). The van der Waals surface area contributed by atoms with Crippen LogP contribution in [0.3, 0.4) is 0 Å². The molecular formula is C37H39F3N6O7S. The van der Waals surface area contributed by atoms with Gasteiger partial charge in [0.05, 0.1) is 22.7 Å². The average Bonchev–Trinajstić information content (AvgIpc) is 3.44. The van der Waals surface area contributed by atoms with E-state index >= 15 is 0 Å². The number of aliphatic carboxylic acids is 2. The zero-order valence-electron chi connectivity index (χ0n) is 29.5. The molecule has 0 spiro atoms. The van der Waals surface area contributed by atoms with E-state index < -0.39 is 46.6 Å². The number of hydrogen-bond donors (Lipinski definition) is 5. The summed E-state index contributed by atoms with van der Waals surface area (Å²) < 4.78 is 62.3. The molecule has 0 bridgehead atoms. The molecule has 1 amide bonds. The number of aryl methyl sites for hydroxylation is 4. The normalized spacial score (nSPS) is 12.0. The molecule has 5 aromatic rings. The van der Waals surface area contributed by atoms with Gasteiger partial charge in [0.25, 0.3) is 5.91 Å². The van der Waals surface area contributed by atoms with Crippen LogP contribution in [-0.4, -0.2) is 76.5 Å². The fourth-order valence-electron chi connectivity index (χ4n) is 5.70. The first-order valence-corrected chi connectivity index (χ1v) is 18.0. The van der Waals surface area contributed by atoms with E-state index in [1.165, 1.54) is 0 Å². The predicted molar refractivity (Wildman–Crippen MR) is 195 cm³/mol. The van der Waals surface area contributed by atoms with Crippen molar-refractivity contribution in [3.8, 4) is 0 Å². The van der Waals surface area contributed by atoms with Gasteiger partial charge in [0.1, 0.15) is 11.9 Å². The Morgan fingerprint density at radius 2 is 1.56 bits per heavy atom. The molecule has 54 heavy (non-hydrogen) atoms. The highest BCUT2D eigenvalue weighted by atomic mass is 32.2. The van der Waals surface area contributed by atoms with Crippen molar-refractivity contribution in [2.24, 2.45) is 0 Å². The second-order valence-corrected chi connectivity index (χ2v) is 14.0. The molecule has 2 aromatic heterocycles. The zero-order chi connectivity index (χ0) is 39.6. The van der Waals surface area contributed by atoms with Crippen LogP contribution in [0.1, 0.15) is 44.7 Å². The molecule has 0 fully saturated rings. The van der Waals surface area contributed by atoms with Gasteiger partial charge in [-0.15, -0.1) is 0 Å². The highest BCUT2D eigenvalue weighted by molar-refractivity contribution is 7.89. The summed E-state index contributed by atoms with van der Waals surface area (Å²) in [5, 5.41) is 28.7. The Kier molecular flexibility index (Phi) is 13.5. The van der Waals surface area contributed by atoms with Gasteiger partial charge in [0.2, 0.25) is 10.0 Å². The van der Waals surface area contributed by atoms with Crippen LogP contribution < -0.4 is 15.4 Å². The first-order chi connectivity index (χ1) is 25.5. The molecule has 2 heterocycles. The van der Waals surface area contributed by atoms with E-state index in [9.17, 15) is 36.3 Å². The van der Waals surface area contributed by atoms with E-state index in [4.69, 9.17) is 15.0 Å². The molecule has 0 aliphatic heterocycles.